The van der Waals surface area contributed by atoms with Crippen LogP contribution in [0.1, 0.15) is 60.4 Å². The number of benzene rings is 2. The summed E-state index contributed by atoms with van der Waals surface area (Å²) in [5.74, 6) is -0.263. The third-order valence-corrected chi connectivity index (χ3v) is 5.93. The molecule has 1 aliphatic carbocycles. The molecule has 1 aromatic heterocycles. The van der Waals surface area contributed by atoms with Crippen molar-refractivity contribution in [1.82, 2.24) is 10.3 Å². The van der Waals surface area contributed by atoms with E-state index in [2.05, 4.69) is 20.9 Å². The topological polar surface area (TPSA) is 126 Å². The largest absolute Gasteiger partial charge is 0.371 e. The van der Waals surface area contributed by atoms with Crippen molar-refractivity contribution in [3.05, 3.63) is 93.8 Å². The van der Waals surface area contributed by atoms with E-state index in [0.29, 0.717) is 11.4 Å². The summed E-state index contributed by atoms with van der Waals surface area (Å²) in [6.45, 7) is 3.69. The smallest absolute Gasteiger partial charge is 0.293 e. The maximum Gasteiger partial charge on any atom is 0.293 e. The zero-order valence-corrected chi connectivity index (χ0v) is 19.5. The monoisotopic (exact) mass is 473 g/mol. The molecule has 9 nitrogen and oxygen atoms in total. The zero-order chi connectivity index (χ0) is 24.9. The van der Waals surface area contributed by atoms with Gasteiger partial charge in [-0.1, -0.05) is 18.2 Å². The number of hydrogen-bond acceptors (Lipinski definition) is 6. The van der Waals surface area contributed by atoms with Crippen LogP contribution in [0, 0.1) is 16.0 Å². The number of nitrogens with one attached hydrogen (secondary N) is 3. The first-order chi connectivity index (χ1) is 16.8. The van der Waals surface area contributed by atoms with E-state index in [4.69, 9.17) is 0 Å². The number of carbonyl (C=O) groups is 2. The van der Waals surface area contributed by atoms with Gasteiger partial charge in [0.1, 0.15) is 5.69 Å². The Balaban J connectivity index is 1.42. The molecule has 1 fully saturated rings. The minimum atomic E-state index is -0.512. The average Bonchev–Trinajstić information content (AvgIpc) is 3.71. The van der Waals surface area contributed by atoms with Crippen LogP contribution in [-0.4, -0.2) is 21.7 Å². The van der Waals surface area contributed by atoms with E-state index < -0.39 is 10.8 Å². The van der Waals surface area contributed by atoms with Gasteiger partial charge in [0.05, 0.1) is 22.7 Å². The second kappa shape index (κ2) is 10.3. The molecule has 1 heterocycles. The SMILES string of the molecule is CC(NC(=O)c1ccc(NC(C)c2ccccn2)c([N+](=O)[O-])c1)c1ccc(NC(=O)C2CC2)cc1. The van der Waals surface area contributed by atoms with Crippen LogP contribution in [0.15, 0.2) is 66.9 Å². The number of pyridine rings is 1. The first-order valence-electron chi connectivity index (χ1n) is 11.5. The molecule has 0 saturated heterocycles. The molecule has 2 aromatic carbocycles. The Morgan fingerprint density at radius 3 is 2.40 bits per heavy atom. The zero-order valence-electron chi connectivity index (χ0n) is 19.5. The normalized spacial score (nSPS) is 14.5. The number of amides is 2. The van der Waals surface area contributed by atoms with Crippen LogP contribution >= 0.6 is 0 Å². The molecule has 2 atom stereocenters. The maximum atomic E-state index is 12.8. The van der Waals surface area contributed by atoms with E-state index >= 15 is 0 Å². The number of aromatic nitrogens is 1. The van der Waals surface area contributed by atoms with Crippen molar-refractivity contribution in [2.45, 2.75) is 38.8 Å². The number of nitro groups is 1. The van der Waals surface area contributed by atoms with E-state index in [1.807, 2.05) is 38.1 Å². The molecule has 3 aromatic rings. The summed E-state index contributed by atoms with van der Waals surface area (Å²) in [4.78, 5) is 40.2. The van der Waals surface area contributed by atoms with Gasteiger partial charge >= 0.3 is 0 Å². The molecule has 2 unspecified atom stereocenters. The van der Waals surface area contributed by atoms with E-state index in [9.17, 15) is 19.7 Å². The van der Waals surface area contributed by atoms with Crippen LogP contribution in [0.3, 0.4) is 0 Å². The Morgan fingerprint density at radius 2 is 1.77 bits per heavy atom. The molecule has 2 amide bonds. The first-order valence-corrected chi connectivity index (χ1v) is 11.5. The van der Waals surface area contributed by atoms with Crippen molar-refractivity contribution in [2.24, 2.45) is 5.92 Å². The molecule has 9 heteroatoms. The highest BCUT2D eigenvalue weighted by Gasteiger charge is 2.29. The Labute approximate surface area is 203 Å². The minimum Gasteiger partial charge on any atom is -0.371 e. The summed E-state index contributed by atoms with van der Waals surface area (Å²) in [5.41, 5.74) is 2.61. The van der Waals surface area contributed by atoms with Crippen LogP contribution in [-0.2, 0) is 4.79 Å². The second-order valence-electron chi connectivity index (χ2n) is 8.69. The molecule has 0 bridgehead atoms. The summed E-state index contributed by atoms with van der Waals surface area (Å²) in [5, 5.41) is 20.6. The number of nitro benzene ring substituents is 1. The van der Waals surface area contributed by atoms with Crippen molar-refractivity contribution in [1.29, 1.82) is 0 Å². The summed E-state index contributed by atoms with van der Waals surface area (Å²) >= 11 is 0. The van der Waals surface area contributed by atoms with Crippen molar-refractivity contribution >= 4 is 28.9 Å². The molecule has 0 radical (unpaired) electrons. The lowest BCUT2D eigenvalue weighted by atomic mass is 10.1. The fourth-order valence-electron chi connectivity index (χ4n) is 3.69. The molecule has 4 rings (SSSR count). The van der Waals surface area contributed by atoms with Gasteiger partial charge in [-0.3, -0.25) is 24.7 Å². The van der Waals surface area contributed by atoms with Gasteiger partial charge in [0.2, 0.25) is 5.91 Å². The highest BCUT2D eigenvalue weighted by Crippen LogP contribution is 2.31. The summed E-state index contributed by atoms with van der Waals surface area (Å²) in [7, 11) is 0. The number of rotatable bonds is 9. The van der Waals surface area contributed by atoms with Crippen molar-refractivity contribution < 1.29 is 14.5 Å². The third kappa shape index (κ3) is 6.00. The van der Waals surface area contributed by atoms with Crippen LogP contribution < -0.4 is 16.0 Å². The predicted molar refractivity (Wildman–Crippen MR) is 133 cm³/mol. The van der Waals surface area contributed by atoms with E-state index in [-0.39, 0.29) is 35.2 Å². The molecule has 0 spiro atoms. The van der Waals surface area contributed by atoms with Gasteiger partial charge in [-0.25, -0.2) is 0 Å². The molecular weight excluding hydrogens is 446 g/mol. The lowest BCUT2D eigenvalue weighted by Gasteiger charge is -2.17. The Kier molecular flexibility index (Phi) is 7.05. The number of anilines is 2. The Bertz CT molecular complexity index is 1230. The van der Waals surface area contributed by atoms with Crippen LogP contribution in [0.25, 0.3) is 0 Å². The van der Waals surface area contributed by atoms with Crippen LogP contribution in [0.4, 0.5) is 17.1 Å². The lowest BCUT2D eigenvalue weighted by molar-refractivity contribution is -0.384. The number of nitrogens with zero attached hydrogens (tertiary/aromatic N) is 2. The fraction of sp³-hybridized carbons (Fsp3) is 0.269. The molecule has 1 aliphatic rings. The number of hydrogen-bond donors (Lipinski definition) is 3. The van der Waals surface area contributed by atoms with Crippen LogP contribution in [0.5, 0.6) is 0 Å². The van der Waals surface area contributed by atoms with Gasteiger partial charge in [-0.05, 0) is 68.7 Å². The standard InChI is InChI=1S/C26H27N5O4/c1-16(18-8-11-21(12-9-18)30-25(32)19-6-7-19)29-26(33)20-10-13-23(24(15-20)31(34)35)28-17(2)22-5-3-4-14-27-22/h3-5,8-17,19,28H,6-7H2,1-2H3,(H,29,33)(H,30,32). The molecule has 0 aliphatic heterocycles. The summed E-state index contributed by atoms with van der Waals surface area (Å²) in [6.07, 6.45) is 3.53. The van der Waals surface area contributed by atoms with Crippen molar-refractivity contribution in [3.8, 4) is 0 Å². The van der Waals surface area contributed by atoms with E-state index in [1.165, 1.54) is 12.1 Å². The molecule has 35 heavy (non-hydrogen) atoms. The predicted octanol–water partition coefficient (Wildman–Crippen LogP) is 5.00. The maximum absolute atomic E-state index is 12.8. The first kappa shape index (κ1) is 23.9. The number of carbonyl (C=O) groups excluding carboxylic acids is 2. The quantitative estimate of drug-likeness (QED) is 0.296. The minimum absolute atomic E-state index is 0.0352. The summed E-state index contributed by atoms with van der Waals surface area (Å²) < 4.78 is 0. The molecule has 3 N–H and O–H groups in total. The summed E-state index contributed by atoms with van der Waals surface area (Å²) in [6, 6.07) is 16.5. The molecule has 180 valence electrons. The van der Waals surface area contributed by atoms with Crippen molar-refractivity contribution in [2.75, 3.05) is 10.6 Å². The average molecular weight is 474 g/mol. The highest BCUT2D eigenvalue weighted by atomic mass is 16.6. The van der Waals surface area contributed by atoms with Gasteiger partial charge in [-0.15, -0.1) is 0 Å². The Hall–Kier alpha value is -4.27. The second-order valence-corrected chi connectivity index (χ2v) is 8.69. The third-order valence-electron chi connectivity index (χ3n) is 5.93. The Morgan fingerprint density at radius 1 is 1.03 bits per heavy atom. The van der Waals surface area contributed by atoms with Gasteiger partial charge in [0.15, 0.2) is 0 Å². The van der Waals surface area contributed by atoms with Crippen molar-refractivity contribution in [3.63, 3.8) is 0 Å². The van der Waals surface area contributed by atoms with Gasteiger partial charge in [0, 0.05) is 29.4 Å². The molecule has 1 saturated carbocycles. The van der Waals surface area contributed by atoms with Gasteiger partial charge in [0.25, 0.3) is 11.6 Å². The molecular formula is C26H27N5O4. The van der Waals surface area contributed by atoms with Gasteiger partial charge < -0.3 is 16.0 Å². The highest BCUT2D eigenvalue weighted by molar-refractivity contribution is 5.96. The fourth-order valence-corrected chi connectivity index (χ4v) is 3.69. The van der Waals surface area contributed by atoms with Gasteiger partial charge in [-0.2, -0.15) is 0 Å². The lowest BCUT2D eigenvalue weighted by Crippen LogP contribution is -2.26. The van der Waals surface area contributed by atoms with E-state index in [1.54, 1.807) is 30.5 Å². The van der Waals surface area contributed by atoms with E-state index in [0.717, 1.165) is 24.1 Å². The van der Waals surface area contributed by atoms with Crippen LogP contribution in [0.2, 0.25) is 0 Å².